The number of amides is 3. The molecule has 0 aliphatic carbocycles. The number of nitrogens with two attached hydrogens (primary N) is 1. The first-order chi connectivity index (χ1) is 10.5. The number of nitrogens with zero attached hydrogens (tertiary/aromatic N) is 1. The van der Waals surface area contributed by atoms with Crippen LogP contribution < -0.4 is 11.1 Å². The van der Waals surface area contributed by atoms with Gasteiger partial charge in [-0.2, -0.15) is 0 Å². The van der Waals surface area contributed by atoms with Gasteiger partial charge in [-0.05, 0) is 31.0 Å². The van der Waals surface area contributed by atoms with E-state index in [1.165, 1.54) is 25.3 Å². The molecular weight excluding hydrogens is 289 g/mol. The van der Waals surface area contributed by atoms with Gasteiger partial charge in [-0.15, -0.1) is 0 Å². The van der Waals surface area contributed by atoms with Crippen molar-refractivity contribution in [2.24, 2.45) is 11.7 Å². The third-order valence-corrected chi connectivity index (χ3v) is 3.72. The molecular formula is C15H20FN3O3. The smallest absolute Gasteiger partial charge is 0.321 e. The lowest BCUT2D eigenvalue weighted by Crippen LogP contribution is -2.45. The van der Waals surface area contributed by atoms with Crippen LogP contribution in [0.3, 0.4) is 0 Å². The molecule has 1 atom stereocenters. The zero-order valence-corrected chi connectivity index (χ0v) is 12.5. The number of likely N-dealkylation sites (tertiary alicyclic amines) is 1. The van der Waals surface area contributed by atoms with Crippen LogP contribution in [-0.2, 0) is 16.1 Å². The number of carbonyl (C=O) groups excluding carboxylic acids is 2. The van der Waals surface area contributed by atoms with E-state index in [0.717, 1.165) is 6.42 Å². The van der Waals surface area contributed by atoms with E-state index in [4.69, 9.17) is 10.5 Å². The first-order valence-electron chi connectivity index (χ1n) is 7.14. The van der Waals surface area contributed by atoms with Crippen molar-refractivity contribution in [3.05, 3.63) is 29.6 Å². The van der Waals surface area contributed by atoms with E-state index in [2.05, 4.69) is 5.32 Å². The number of benzene rings is 1. The van der Waals surface area contributed by atoms with Gasteiger partial charge in [-0.3, -0.25) is 4.79 Å². The van der Waals surface area contributed by atoms with Crippen molar-refractivity contribution in [1.29, 1.82) is 0 Å². The van der Waals surface area contributed by atoms with Crippen LogP contribution in [0, 0.1) is 11.7 Å². The Labute approximate surface area is 128 Å². The van der Waals surface area contributed by atoms with E-state index in [0.29, 0.717) is 30.8 Å². The number of hydrogen-bond acceptors (Lipinski definition) is 3. The van der Waals surface area contributed by atoms with Crippen LogP contribution in [0.1, 0.15) is 18.4 Å². The number of hydrogen-bond donors (Lipinski definition) is 2. The summed E-state index contributed by atoms with van der Waals surface area (Å²) < 4.78 is 18.3. The molecule has 3 amide bonds. The zero-order chi connectivity index (χ0) is 16.1. The molecule has 22 heavy (non-hydrogen) atoms. The molecule has 3 N–H and O–H groups in total. The Morgan fingerprint density at radius 2 is 2.27 bits per heavy atom. The highest BCUT2D eigenvalue weighted by Gasteiger charge is 2.27. The van der Waals surface area contributed by atoms with Crippen molar-refractivity contribution in [2.75, 3.05) is 25.5 Å². The third-order valence-electron chi connectivity index (χ3n) is 3.72. The molecule has 120 valence electrons. The van der Waals surface area contributed by atoms with E-state index < -0.39 is 5.82 Å². The Hall–Kier alpha value is -2.15. The summed E-state index contributed by atoms with van der Waals surface area (Å²) in [6.45, 7) is 1.07. The molecule has 1 aliphatic heterocycles. The average molecular weight is 309 g/mol. The summed E-state index contributed by atoms with van der Waals surface area (Å²) in [5.41, 5.74) is 6.36. The minimum atomic E-state index is -0.392. The summed E-state index contributed by atoms with van der Waals surface area (Å²) in [5, 5.41) is 2.74. The lowest BCUT2D eigenvalue weighted by Gasteiger charge is -2.31. The number of ether oxygens (including phenoxy) is 1. The number of methoxy groups -OCH3 is 1. The van der Waals surface area contributed by atoms with Gasteiger partial charge in [0.25, 0.3) is 0 Å². The van der Waals surface area contributed by atoms with Gasteiger partial charge >= 0.3 is 6.03 Å². The number of anilines is 1. The highest BCUT2D eigenvalue weighted by Crippen LogP contribution is 2.21. The first-order valence-corrected chi connectivity index (χ1v) is 7.14. The van der Waals surface area contributed by atoms with E-state index >= 15 is 0 Å². The van der Waals surface area contributed by atoms with Gasteiger partial charge in [0.1, 0.15) is 5.82 Å². The van der Waals surface area contributed by atoms with Gasteiger partial charge in [0, 0.05) is 31.5 Å². The standard InChI is InChI=1S/C15H20FN3O3/c1-22-9-11-7-12(16)4-5-13(11)18-15(21)19-6-2-3-10(8-19)14(17)20/h4-5,7,10H,2-3,6,8-9H2,1H3,(H2,17,20)(H,18,21)/t10-/m1/s1. The predicted octanol–water partition coefficient (Wildman–Crippen LogP) is 1.70. The average Bonchev–Trinajstić information content (AvgIpc) is 2.50. The summed E-state index contributed by atoms with van der Waals surface area (Å²) >= 11 is 0. The van der Waals surface area contributed by atoms with Crippen LogP contribution in [-0.4, -0.2) is 37.0 Å². The molecule has 0 aromatic heterocycles. The molecule has 0 spiro atoms. The van der Waals surface area contributed by atoms with E-state index in [-0.39, 0.29) is 24.5 Å². The van der Waals surface area contributed by atoms with Crippen molar-refractivity contribution >= 4 is 17.6 Å². The van der Waals surface area contributed by atoms with E-state index in [9.17, 15) is 14.0 Å². The molecule has 1 heterocycles. The molecule has 1 saturated heterocycles. The normalized spacial score (nSPS) is 18.1. The number of carbonyl (C=O) groups is 2. The second-order valence-corrected chi connectivity index (χ2v) is 5.35. The van der Waals surface area contributed by atoms with Gasteiger partial charge in [0.15, 0.2) is 0 Å². The first kappa shape index (κ1) is 16.2. The SMILES string of the molecule is COCc1cc(F)ccc1NC(=O)N1CCC[C@@H](C(N)=O)C1. The quantitative estimate of drug-likeness (QED) is 0.888. The molecule has 0 radical (unpaired) electrons. The highest BCUT2D eigenvalue weighted by atomic mass is 19.1. The molecule has 6 nitrogen and oxygen atoms in total. The molecule has 0 unspecified atom stereocenters. The van der Waals surface area contributed by atoms with Gasteiger partial charge in [0.05, 0.1) is 12.5 Å². The Morgan fingerprint density at radius 1 is 1.50 bits per heavy atom. The molecule has 0 bridgehead atoms. The van der Waals surface area contributed by atoms with Crippen LogP contribution in [0.15, 0.2) is 18.2 Å². The molecule has 0 saturated carbocycles. The number of nitrogens with one attached hydrogen (secondary N) is 1. The summed E-state index contributed by atoms with van der Waals surface area (Å²) in [6.07, 6.45) is 1.43. The predicted molar refractivity (Wildman–Crippen MR) is 79.6 cm³/mol. The maximum atomic E-state index is 13.3. The monoisotopic (exact) mass is 309 g/mol. The minimum Gasteiger partial charge on any atom is -0.380 e. The molecule has 7 heteroatoms. The second-order valence-electron chi connectivity index (χ2n) is 5.35. The molecule has 2 rings (SSSR count). The van der Waals surface area contributed by atoms with Crippen LogP contribution >= 0.6 is 0 Å². The maximum absolute atomic E-state index is 13.3. The minimum absolute atomic E-state index is 0.192. The van der Waals surface area contributed by atoms with Crippen LogP contribution in [0.25, 0.3) is 0 Å². The van der Waals surface area contributed by atoms with Crippen LogP contribution in [0.2, 0.25) is 0 Å². The Morgan fingerprint density at radius 3 is 2.95 bits per heavy atom. The fourth-order valence-electron chi connectivity index (χ4n) is 2.55. The summed E-state index contributed by atoms with van der Waals surface area (Å²) in [7, 11) is 1.50. The topological polar surface area (TPSA) is 84.7 Å². The largest absolute Gasteiger partial charge is 0.380 e. The fourth-order valence-corrected chi connectivity index (χ4v) is 2.55. The van der Waals surface area contributed by atoms with Crippen LogP contribution in [0.5, 0.6) is 0 Å². The zero-order valence-electron chi connectivity index (χ0n) is 12.5. The highest BCUT2D eigenvalue weighted by molar-refractivity contribution is 5.90. The van der Waals surface area contributed by atoms with Crippen molar-refractivity contribution < 1.29 is 18.7 Å². The Bertz CT molecular complexity index is 565. The van der Waals surface area contributed by atoms with Crippen LogP contribution in [0.4, 0.5) is 14.9 Å². The second kappa shape index (κ2) is 7.22. The molecule has 1 aromatic rings. The van der Waals surface area contributed by atoms with Crippen molar-refractivity contribution in [1.82, 2.24) is 4.90 Å². The lowest BCUT2D eigenvalue weighted by molar-refractivity contribution is -0.123. The van der Waals surface area contributed by atoms with Crippen molar-refractivity contribution in [2.45, 2.75) is 19.4 Å². The van der Waals surface area contributed by atoms with E-state index in [1.54, 1.807) is 4.90 Å². The Kier molecular flexibility index (Phi) is 5.32. The van der Waals surface area contributed by atoms with Gasteiger partial charge in [0.2, 0.25) is 5.91 Å². The fraction of sp³-hybridized carbons (Fsp3) is 0.467. The lowest BCUT2D eigenvalue weighted by atomic mass is 9.98. The molecule has 1 aromatic carbocycles. The number of halogens is 1. The maximum Gasteiger partial charge on any atom is 0.321 e. The van der Waals surface area contributed by atoms with Crippen molar-refractivity contribution in [3.63, 3.8) is 0 Å². The molecule has 1 aliphatic rings. The van der Waals surface area contributed by atoms with E-state index in [1.807, 2.05) is 0 Å². The number of piperidine rings is 1. The molecule has 1 fully saturated rings. The number of rotatable bonds is 4. The van der Waals surface area contributed by atoms with Gasteiger partial charge in [-0.1, -0.05) is 0 Å². The number of urea groups is 1. The summed E-state index contributed by atoms with van der Waals surface area (Å²) in [6, 6.07) is 3.77. The van der Waals surface area contributed by atoms with Gasteiger partial charge < -0.3 is 20.7 Å². The summed E-state index contributed by atoms with van der Waals surface area (Å²) in [5.74, 6) is -1.10. The third kappa shape index (κ3) is 3.94. The Balaban J connectivity index is 2.07. The number of primary amides is 1. The summed E-state index contributed by atoms with van der Waals surface area (Å²) in [4.78, 5) is 25.1. The van der Waals surface area contributed by atoms with Gasteiger partial charge in [-0.25, -0.2) is 9.18 Å². The van der Waals surface area contributed by atoms with Crippen molar-refractivity contribution in [3.8, 4) is 0 Å².